The standard InChI is InChI=1S/C21H32N4O2/c1-21(22)10-6-5-9-18(21)20(27)25-13-11-24(12-14-25)16-19(26)23-15-17-7-3-2-4-8-17/h2-4,7-8,18H,5-6,9-16,22H2,1H3,(H,23,26). The van der Waals surface area contributed by atoms with Crippen LogP contribution < -0.4 is 11.1 Å². The summed E-state index contributed by atoms with van der Waals surface area (Å²) < 4.78 is 0. The second-order valence-corrected chi connectivity index (χ2v) is 8.17. The number of amides is 2. The Hall–Kier alpha value is -1.92. The summed E-state index contributed by atoms with van der Waals surface area (Å²) in [7, 11) is 0. The van der Waals surface area contributed by atoms with Crippen molar-refractivity contribution in [1.82, 2.24) is 15.1 Å². The summed E-state index contributed by atoms with van der Waals surface area (Å²) in [5, 5.41) is 2.97. The number of rotatable bonds is 5. The van der Waals surface area contributed by atoms with E-state index < -0.39 is 0 Å². The molecule has 148 valence electrons. The Morgan fingerprint density at radius 3 is 2.52 bits per heavy atom. The van der Waals surface area contributed by atoms with E-state index in [1.807, 2.05) is 42.2 Å². The molecule has 0 bridgehead atoms. The minimum atomic E-state index is -0.385. The molecular formula is C21H32N4O2. The molecule has 3 N–H and O–H groups in total. The zero-order valence-corrected chi connectivity index (χ0v) is 16.3. The lowest BCUT2D eigenvalue weighted by Gasteiger charge is -2.42. The van der Waals surface area contributed by atoms with E-state index in [9.17, 15) is 9.59 Å². The Balaban J connectivity index is 1.42. The van der Waals surface area contributed by atoms with Crippen LogP contribution in [-0.4, -0.2) is 59.9 Å². The maximum atomic E-state index is 12.9. The first kappa shape index (κ1) is 19.8. The predicted molar refractivity (Wildman–Crippen MR) is 106 cm³/mol. The van der Waals surface area contributed by atoms with E-state index in [-0.39, 0.29) is 23.3 Å². The van der Waals surface area contributed by atoms with Crippen LogP contribution in [0.3, 0.4) is 0 Å². The van der Waals surface area contributed by atoms with Gasteiger partial charge in [-0.05, 0) is 25.3 Å². The Labute approximate surface area is 162 Å². The van der Waals surface area contributed by atoms with Gasteiger partial charge in [0.15, 0.2) is 0 Å². The van der Waals surface area contributed by atoms with Crippen LogP contribution in [0, 0.1) is 5.92 Å². The monoisotopic (exact) mass is 372 g/mol. The third-order valence-corrected chi connectivity index (χ3v) is 5.94. The number of benzene rings is 1. The van der Waals surface area contributed by atoms with Crippen LogP contribution in [0.15, 0.2) is 30.3 Å². The van der Waals surface area contributed by atoms with Gasteiger partial charge >= 0.3 is 0 Å². The highest BCUT2D eigenvalue weighted by molar-refractivity contribution is 5.81. The lowest BCUT2D eigenvalue weighted by atomic mass is 9.74. The molecule has 0 radical (unpaired) electrons. The van der Waals surface area contributed by atoms with Gasteiger partial charge in [0, 0.05) is 38.3 Å². The Bertz CT molecular complexity index is 639. The number of nitrogens with zero attached hydrogens (tertiary/aromatic N) is 2. The molecule has 6 nitrogen and oxygen atoms in total. The van der Waals surface area contributed by atoms with E-state index in [1.165, 1.54) is 0 Å². The normalized spacial score (nSPS) is 26.6. The fourth-order valence-corrected chi connectivity index (χ4v) is 4.17. The summed E-state index contributed by atoms with van der Waals surface area (Å²) in [5.41, 5.74) is 7.10. The van der Waals surface area contributed by atoms with Crippen molar-refractivity contribution in [2.75, 3.05) is 32.7 Å². The topological polar surface area (TPSA) is 78.7 Å². The number of hydrogen-bond donors (Lipinski definition) is 2. The fourth-order valence-electron chi connectivity index (χ4n) is 4.17. The number of nitrogens with one attached hydrogen (secondary N) is 1. The number of hydrogen-bond acceptors (Lipinski definition) is 4. The van der Waals surface area contributed by atoms with Gasteiger partial charge in [0.2, 0.25) is 11.8 Å². The van der Waals surface area contributed by atoms with E-state index >= 15 is 0 Å². The SMILES string of the molecule is CC1(N)CCCCC1C(=O)N1CCN(CC(=O)NCc2ccccc2)CC1. The van der Waals surface area contributed by atoms with Crippen molar-refractivity contribution in [1.29, 1.82) is 0 Å². The van der Waals surface area contributed by atoms with Gasteiger partial charge in [0.1, 0.15) is 0 Å². The first-order valence-corrected chi connectivity index (χ1v) is 10.1. The van der Waals surface area contributed by atoms with Crippen molar-refractivity contribution in [3.63, 3.8) is 0 Å². The fraction of sp³-hybridized carbons (Fsp3) is 0.619. The number of carbonyl (C=O) groups excluding carboxylic acids is 2. The minimum Gasteiger partial charge on any atom is -0.351 e. The second kappa shape index (κ2) is 8.85. The Kier molecular flexibility index (Phi) is 6.50. The highest BCUT2D eigenvalue weighted by Crippen LogP contribution is 2.33. The third kappa shape index (κ3) is 5.30. The molecular weight excluding hydrogens is 340 g/mol. The van der Waals surface area contributed by atoms with Gasteiger partial charge < -0.3 is 16.0 Å². The van der Waals surface area contributed by atoms with Gasteiger partial charge in [-0.1, -0.05) is 43.2 Å². The molecule has 2 amide bonds. The molecule has 6 heteroatoms. The summed E-state index contributed by atoms with van der Waals surface area (Å²) in [5.74, 6) is 0.167. The number of carbonyl (C=O) groups is 2. The zero-order valence-electron chi connectivity index (χ0n) is 16.3. The highest BCUT2D eigenvalue weighted by atomic mass is 16.2. The average molecular weight is 373 g/mol. The zero-order chi connectivity index (χ0) is 19.3. The molecule has 2 fully saturated rings. The van der Waals surface area contributed by atoms with Crippen molar-refractivity contribution in [3.8, 4) is 0 Å². The lowest BCUT2D eigenvalue weighted by molar-refractivity contribution is -0.140. The summed E-state index contributed by atoms with van der Waals surface area (Å²) in [6.45, 7) is 5.77. The molecule has 2 unspecified atom stereocenters. The van der Waals surface area contributed by atoms with Crippen LogP contribution in [-0.2, 0) is 16.1 Å². The van der Waals surface area contributed by atoms with E-state index in [4.69, 9.17) is 5.73 Å². The molecule has 3 rings (SSSR count). The molecule has 1 saturated carbocycles. The molecule has 0 aromatic heterocycles. The summed E-state index contributed by atoms with van der Waals surface area (Å²) in [6, 6.07) is 9.90. The molecule has 2 atom stereocenters. The average Bonchev–Trinajstić information content (AvgIpc) is 2.67. The molecule has 1 aliphatic carbocycles. The predicted octanol–water partition coefficient (Wildman–Crippen LogP) is 1.35. The Morgan fingerprint density at radius 2 is 1.85 bits per heavy atom. The third-order valence-electron chi connectivity index (χ3n) is 5.94. The first-order valence-electron chi connectivity index (χ1n) is 10.1. The maximum Gasteiger partial charge on any atom is 0.234 e. The molecule has 1 aliphatic heterocycles. The van der Waals surface area contributed by atoms with E-state index in [2.05, 4.69) is 10.2 Å². The van der Waals surface area contributed by atoms with E-state index in [0.717, 1.165) is 44.3 Å². The van der Waals surface area contributed by atoms with Crippen molar-refractivity contribution >= 4 is 11.8 Å². The molecule has 1 aromatic rings. The lowest BCUT2D eigenvalue weighted by Crippen LogP contribution is -2.57. The van der Waals surface area contributed by atoms with Gasteiger partial charge in [0.05, 0.1) is 12.5 Å². The van der Waals surface area contributed by atoms with Gasteiger partial charge in [-0.25, -0.2) is 0 Å². The molecule has 0 spiro atoms. The van der Waals surface area contributed by atoms with Gasteiger partial charge in [0.25, 0.3) is 0 Å². The van der Waals surface area contributed by atoms with Crippen molar-refractivity contribution in [2.24, 2.45) is 11.7 Å². The molecule has 2 aliphatic rings. The van der Waals surface area contributed by atoms with Crippen molar-refractivity contribution in [2.45, 2.75) is 44.7 Å². The largest absolute Gasteiger partial charge is 0.351 e. The molecule has 1 heterocycles. The minimum absolute atomic E-state index is 0.0282. The summed E-state index contributed by atoms with van der Waals surface area (Å²) in [6.07, 6.45) is 4.02. The van der Waals surface area contributed by atoms with Gasteiger partial charge in [-0.2, -0.15) is 0 Å². The van der Waals surface area contributed by atoms with E-state index in [0.29, 0.717) is 26.2 Å². The van der Waals surface area contributed by atoms with Crippen LogP contribution in [0.4, 0.5) is 0 Å². The molecule has 27 heavy (non-hydrogen) atoms. The van der Waals surface area contributed by atoms with E-state index in [1.54, 1.807) is 0 Å². The maximum absolute atomic E-state index is 12.9. The quantitative estimate of drug-likeness (QED) is 0.818. The van der Waals surface area contributed by atoms with Crippen LogP contribution in [0.25, 0.3) is 0 Å². The van der Waals surface area contributed by atoms with Gasteiger partial charge in [-0.3, -0.25) is 14.5 Å². The van der Waals surface area contributed by atoms with Crippen LogP contribution >= 0.6 is 0 Å². The Morgan fingerprint density at radius 1 is 1.15 bits per heavy atom. The summed E-state index contributed by atoms with van der Waals surface area (Å²) >= 11 is 0. The smallest absolute Gasteiger partial charge is 0.234 e. The summed E-state index contributed by atoms with van der Waals surface area (Å²) in [4.78, 5) is 29.1. The second-order valence-electron chi connectivity index (χ2n) is 8.17. The van der Waals surface area contributed by atoms with Crippen LogP contribution in [0.2, 0.25) is 0 Å². The van der Waals surface area contributed by atoms with Crippen molar-refractivity contribution < 1.29 is 9.59 Å². The first-order chi connectivity index (χ1) is 13.0. The number of nitrogens with two attached hydrogens (primary N) is 1. The molecule has 1 saturated heterocycles. The van der Waals surface area contributed by atoms with Crippen LogP contribution in [0.5, 0.6) is 0 Å². The highest BCUT2D eigenvalue weighted by Gasteiger charge is 2.40. The van der Waals surface area contributed by atoms with Gasteiger partial charge in [-0.15, -0.1) is 0 Å². The van der Waals surface area contributed by atoms with Crippen molar-refractivity contribution in [3.05, 3.63) is 35.9 Å². The number of piperazine rings is 1. The molecule has 1 aromatic carbocycles. The van der Waals surface area contributed by atoms with Crippen LogP contribution in [0.1, 0.15) is 38.2 Å².